The van der Waals surface area contributed by atoms with E-state index in [1.54, 1.807) is 0 Å². The van der Waals surface area contributed by atoms with Crippen molar-refractivity contribution in [2.75, 3.05) is 0 Å². The number of benzene rings is 4. The Balaban J connectivity index is 1.66. The van der Waals surface area contributed by atoms with E-state index < -0.39 is 0 Å². The van der Waals surface area contributed by atoms with Crippen molar-refractivity contribution in [3.8, 4) is 22.3 Å². The molecule has 190 valence electrons. The van der Waals surface area contributed by atoms with E-state index in [-0.39, 0.29) is 0 Å². The minimum absolute atomic E-state index is 0.932. The van der Waals surface area contributed by atoms with Gasteiger partial charge in [-0.3, -0.25) is 0 Å². The predicted molar refractivity (Wildman–Crippen MR) is 165 cm³/mol. The smallest absolute Gasteiger partial charge is 0.232 e. The fourth-order valence-electron chi connectivity index (χ4n) is 5.71. The molecule has 0 radical (unpaired) electrons. The molecule has 4 aromatic carbocycles. The molecule has 0 fully saturated rings. The monoisotopic (exact) mass is 514 g/mol. The van der Waals surface area contributed by atoms with Crippen LogP contribution in [0.1, 0.15) is 16.8 Å². The standard InChI is InChI=1S/C37H28N3/c1-39-26-33(32(28-17-8-3-9-18-28)25-27-15-6-2-7-16-27)40-36-31(23-14-24-38-36)34(29-19-10-4-11-20-29)35(37(39)40)30-21-12-5-13-22-30/h2-26H,1H3/q+1/b32-25+. The highest BCUT2D eigenvalue weighted by molar-refractivity contribution is 6.07. The van der Waals surface area contributed by atoms with Crippen LogP contribution >= 0.6 is 0 Å². The van der Waals surface area contributed by atoms with Crippen molar-refractivity contribution in [3.63, 3.8) is 0 Å². The van der Waals surface area contributed by atoms with Crippen molar-refractivity contribution in [2.45, 2.75) is 0 Å². The first-order valence-electron chi connectivity index (χ1n) is 13.5. The normalized spacial score (nSPS) is 11.8. The molecule has 0 unspecified atom stereocenters. The second-order valence-corrected chi connectivity index (χ2v) is 9.98. The number of nitrogens with zero attached hydrogens (tertiary/aromatic N) is 3. The molecule has 0 saturated heterocycles. The fraction of sp³-hybridized carbons (Fsp3) is 0.0270. The molecule has 0 N–H and O–H groups in total. The summed E-state index contributed by atoms with van der Waals surface area (Å²) in [5.41, 5.74) is 11.3. The van der Waals surface area contributed by atoms with Crippen molar-refractivity contribution < 1.29 is 4.57 Å². The lowest BCUT2D eigenvalue weighted by atomic mass is 9.92. The highest BCUT2D eigenvalue weighted by atomic mass is 15.1. The highest BCUT2D eigenvalue weighted by Crippen LogP contribution is 2.41. The van der Waals surface area contributed by atoms with Crippen molar-refractivity contribution in [3.05, 3.63) is 163 Å². The molecule has 0 saturated carbocycles. The Bertz CT molecular complexity index is 1970. The lowest BCUT2D eigenvalue weighted by Crippen LogP contribution is -2.26. The summed E-state index contributed by atoms with van der Waals surface area (Å²) in [6.07, 6.45) is 6.41. The number of fused-ring (bicyclic) bond motifs is 3. The van der Waals surface area contributed by atoms with Gasteiger partial charge in [0.15, 0.2) is 5.69 Å². The maximum Gasteiger partial charge on any atom is 0.296 e. The molecule has 0 aliphatic carbocycles. The Labute approximate surface area is 234 Å². The number of hydrogen-bond acceptors (Lipinski definition) is 1. The molecule has 7 rings (SSSR count). The number of hydrogen-bond donors (Lipinski definition) is 0. The first-order valence-corrected chi connectivity index (χ1v) is 13.5. The second kappa shape index (κ2) is 10.1. The van der Waals surface area contributed by atoms with Crippen LogP contribution in [0.15, 0.2) is 146 Å². The minimum atomic E-state index is 0.932. The summed E-state index contributed by atoms with van der Waals surface area (Å²) in [4.78, 5) is 5.01. The summed E-state index contributed by atoms with van der Waals surface area (Å²) >= 11 is 0. The van der Waals surface area contributed by atoms with Crippen molar-refractivity contribution >= 4 is 28.3 Å². The van der Waals surface area contributed by atoms with Gasteiger partial charge in [0, 0.05) is 17.3 Å². The van der Waals surface area contributed by atoms with Crippen molar-refractivity contribution in [2.24, 2.45) is 7.05 Å². The Morgan fingerprint density at radius 3 is 1.88 bits per heavy atom. The Morgan fingerprint density at radius 1 is 0.650 bits per heavy atom. The van der Waals surface area contributed by atoms with Gasteiger partial charge in [0.1, 0.15) is 6.20 Å². The SMILES string of the molecule is C[n+]1cc(/C(=C/c2ccccc2)c2ccccc2)n2c3ncccc3c(-c3ccccc3)c(-c3ccccc3)c21. The van der Waals surface area contributed by atoms with Crippen LogP contribution in [0.4, 0.5) is 0 Å². The summed E-state index contributed by atoms with van der Waals surface area (Å²) in [6.45, 7) is 0. The van der Waals surface area contributed by atoms with Crippen LogP contribution < -0.4 is 4.57 Å². The van der Waals surface area contributed by atoms with Crippen LogP contribution in [0.3, 0.4) is 0 Å². The van der Waals surface area contributed by atoms with Gasteiger partial charge < -0.3 is 0 Å². The maximum absolute atomic E-state index is 5.01. The summed E-state index contributed by atoms with van der Waals surface area (Å²) in [5.74, 6) is 0. The summed E-state index contributed by atoms with van der Waals surface area (Å²) < 4.78 is 4.59. The van der Waals surface area contributed by atoms with E-state index in [2.05, 4.69) is 156 Å². The van der Waals surface area contributed by atoms with Gasteiger partial charge in [-0.05, 0) is 40.5 Å². The molecule has 0 bridgehead atoms. The van der Waals surface area contributed by atoms with Gasteiger partial charge in [-0.1, -0.05) is 121 Å². The van der Waals surface area contributed by atoms with Gasteiger partial charge in [0.2, 0.25) is 5.65 Å². The number of pyridine rings is 2. The van der Waals surface area contributed by atoms with Gasteiger partial charge in [-0.15, -0.1) is 0 Å². The maximum atomic E-state index is 5.01. The van der Waals surface area contributed by atoms with Gasteiger partial charge in [-0.2, -0.15) is 4.40 Å². The molecule has 0 atom stereocenters. The molecular weight excluding hydrogens is 486 g/mol. The molecule has 3 heteroatoms. The molecular formula is C37H28N3+. The van der Waals surface area contributed by atoms with Crippen LogP contribution in [-0.4, -0.2) is 9.38 Å². The largest absolute Gasteiger partial charge is 0.296 e. The van der Waals surface area contributed by atoms with Crippen LogP contribution in [0.5, 0.6) is 0 Å². The first kappa shape index (κ1) is 23.8. The van der Waals surface area contributed by atoms with Gasteiger partial charge >= 0.3 is 0 Å². The highest BCUT2D eigenvalue weighted by Gasteiger charge is 2.30. The van der Waals surface area contributed by atoms with Crippen LogP contribution in [0, 0.1) is 0 Å². The van der Waals surface area contributed by atoms with Crippen LogP contribution in [-0.2, 0) is 7.05 Å². The summed E-state index contributed by atoms with van der Waals surface area (Å²) in [6, 6.07) is 46.8. The Hall–Kier alpha value is -5.28. The predicted octanol–water partition coefficient (Wildman–Crippen LogP) is 8.23. The van der Waals surface area contributed by atoms with E-state index in [1.807, 2.05) is 12.3 Å². The summed E-state index contributed by atoms with van der Waals surface area (Å²) in [7, 11) is 2.14. The van der Waals surface area contributed by atoms with Crippen LogP contribution in [0.25, 0.3) is 50.6 Å². The minimum Gasteiger partial charge on any atom is -0.232 e. The van der Waals surface area contributed by atoms with E-state index in [0.717, 1.165) is 39.1 Å². The molecule has 3 heterocycles. The molecule has 0 aliphatic heterocycles. The average Bonchev–Trinajstić information content (AvgIpc) is 3.37. The van der Waals surface area contributed by atoms with E-state index in [0.29, 0.717) is 0 Å². The van der Waals surface area contributed by atoms with E-state index in [1.165, 1.54) is 22.3 Å². The van der Waals surface area contributed by atoms with Crippen LogP contribution in [0.2, 0.25) is 0 Å². The zero-order valence-electron chi connectivity index (χ0n) is 22.3. The molecule has 40 heavy (non-hydrogen) atoms. The number of aromatic nitrogens is 3. The fourth-order valence-corrected chi connectivity index (χ4v) is 5.71. The number of aryl methyl sites for hydroxylation is 1. The van der Waals surface area contributed by atoms with Crippen molar-refractivity contribution in [1.82, 2.24) is 9.38 Å². The zero-order chi connectivity index (χ0) is 26.9. The third kappa shape index (κ3) is 4.09. The molecule has 7 aromatic rings. The first-order chi connectivity index (χ1) is 19.8. The molecule has 3 nitrogen and oxygen atoms in total. The molecule has 0 aliphatic rings. The van der Waals surface area contributed by atoms with E-state index >= 15 is 0 Å². The van der Waals surface area contributed by atoms with E-state index in [9.17, 15) is 0 Å². The number of imidazole rings is 1. The quantitative estimate of drug-likeness (QED) is 0.167. The Morgan fingerprint density at radius 2 is 1.23 bits per heavy atom. The van der Waals surface area contributed by atoms with E-state index in [4.69, 9.17) is 4.98 Å². The van der Waals surface area contributed by atoms with Gasteiger partial charge in [0.25, 0.3) is 5.65 Å². The van der Waals surface area contributed by atoms with Gasteiger partial charge in [-0.25, -0.2) is 9.55 Å². The number of rotatable bonds is 5. The third-order valence-electron chi connectivity index (χ3n) is 7.44. The lowest BCUT2D eigenvalue weighted by molar-refractivity contribution is -0.644. The Kier molecular flexibility index (Phi) is 6.02. The molecule has 0 spiro atoms. The summed E-state index contributed by atoms with van der Waals surface area (Å²) in [5, 5.41) is 1.12. The lowest BCUT2D eigenvalue weighted by Gasteiger charge is -2.14. The van der Waals surface area contributed by atoms with Gasteiger partial charge in [0.05, 0.1) is 18.0 Å². The van der Waals surface area contributed by atoms with Crippen molar-refractivity contribution in [1.29, 1.82) is 0 Å². The zero-order valence-corrected chi connectivity index (χ0v) is 22.3. The third-order valence-corrected chi connectivity index (χ3v) is 7.44. The second-order valence-electron chi connectivity index (χ2n) is 9.98. The average molecular weight is 515 g/mol. The topological polar surface area (TPSA) is 21.2 Å². The molecule has 3 aromatic heterocycles. The molecule has 0 amide bonds.